The summed E-state index contributed by atoms with van der Waals surface area (Å²) >= 11 is 0. The van der Waals surface area contributed by atoms with Crippen LogP contribution in [0.15, 0.2) is 42.6 Å². The highest BCUT2D eigenvalue weighted by Crippen LogP contribution is 2.32. The van der Waals surface area contributed by atoms with Gasteiger partial charge in [0.2, 0.25) is 0 Å². The van der Waals surface area contributed by atoms with Crippen molar-refractivity contribution in [2.24, 2.45) is 0 Å². The van der Waals surface area contributed by atoms with E-state index in [0.717, 1.165) is 18.8 Å². The van der Waals surface area contributed by atoms with E-state index in [-0.39, 0.29) is 23.5 Å². The molecule has 0 atom stereocenters. The largest absolute Gasteiger partial charge is 0.462 e. The van der Waals surface area contributed by atoms with Gasteiger partial charge in [0.25, 0.3) is 0 Å². The van der Waals surface area contributed by atoms with Gasteiger partial charge in [-0.05, 0) is 26.6 Å². The number of carbonyl (C=O) groups excluding carboxylic acids is 1. The predicted octanol–water partition coefficient (Wildman–Crippen LogP) is 3.52. The lowest BCUT2D eigenvalue weighted by molar-refractivity contribution is -0.142. The van der Waals surface area contributed by atoms with Crippen LogP contribution in [0.2, 0.25) is 0 Å². The van der Waals surface area contributed by atoms with E-state index in [1.807, 2.05) is 19.0 Å². The number of esters is 1. The molecule has 0 saturated heterocycles. The number of fused-ring (bicyclic) bond motifs is 1. The Morgan fingerprint density at radius 1 is 1.21 bits per heavy atom. The van der Waals surface area contributed by atoms with Crippen molar-refractivity contribution >= 4 is 11.6 Å². The van der Waals surface area contributed by atoms with Crippen molar-refractivity contribution in [1.29, 1.82) is 0 Å². The summed E-state index contributed by atoms with van der Waals surface area (Å²) in [5, 5.41) is 3.72. The van der Waals surface area contributed by atoms with Gasteiger partial charge >= 0.3 is 12.1 Å². The van der Waals surface area contributed by atoms with Crippen molar-refractivity contribution in [2.45, 2.75) is 12.6 Å². The van der Waals surface area contributed by atoms with Gasteiger partial charge in [-0.25, -0.2) is 14.3 Å². The molecule has 2 aromatic heterocycles. The first-order valence-electron chi connectivity index (χ1n) is 8.60. The molecule has 1 aromatic carbocycles. The highest BCUT2D eigenvalue weighted by molar-refractivity contribution is 5.96. The van der Waals surface area contributed by atoms with Gasteiger partial charge in [0, 0.05) is 12.1 Å². The van der Waals surface area contributed by atoms with Crippen LogP contribution in [-0.2, 0) is 10.9 Å². The molecule has 0 unspecified atom stereocenters. The number of halogens is 3. The second kappa shape index (κ2) is 7.97. The smallest absolute Gasteiger partial charge is 0.433 e. The number of hydrogen-bond donors (Lipinski definition) is 0. The molecule has 6 nitrogen and oxygen atoms in total. The van der Waals surface area contributed by atoms with Gasteiger partial charge in [-0.3, -0.25) is 0 Å². The first kappa shape index (κ1) is 19.8. The predicted molar refractivity (Wildman–Crippen MR) is 96.9 cm³/mol. The zero-order chi connectivity index (χ0) is 20.3. The van der Waals surface area contributed by atoms with Crippen LogP contribution in [0, 0.1) is 0 Å². The molecule has 0 aliphatic rings. The van der Waals surface area contributed by atoms with Crippen molar-refractivity contribution in [1.82, 2.24) is 19.5 Å². The van der Waals surface area contributed by atoms with Gasteiger partial charge in [-0.1, -0.05) is 30.3 Å². The Morgan fingerprint density at radius 2 is 1.93 bits per heavy atom. The number of hydrogen-bond acceptors (Lipinski definition) is 5. The lowest BCUT2D eigenvalue weighted by Gasteiger charge is -2.12. The minimum Gasteiger partial charge on any atom is -0.462 e. The summed E-state index contributed by atoms with van der Waals surface area (Å²) < 4.78 is 46.4. The molecule has 148 valence electrons. The highest BCUT2D eigenvalue weighted by Gasteiger charge is 2.36. The van der Waals surface area contributed by atoms with Gasteiger partial charge < -0.3 is 9.64 Å². The van der Waals surface area contributed by atoms with Crippen LogP contribution in [0.3, 0.4) is 0 Å². The molecule has 0 saturated carbocycles. The lowest BCUT2D eigenvalue weighted by atomic mass is 10.1. The lowest BCUT2D eigenvalue weighted by Crippen LogP contribution is -2.16. The van der Waals surface area contributed by atoms with Crippen LogP contribution in [0.5, 0.6) is 0 Å². The van der Waals surface area contributed by atoms with Crippen LogP contribution < -0.4 is 0 Å². The monoisotopic (exact) mass is 392 g/mol. The van der Waals surface area contributed by atoms with Crippen molar-refractivity contribution in [3.8, 4) is 11.3 Å². The fourth-order valence-electron chi connectivity index (χ4n) is 2.69. The maximum atomic E-state index is 13.5. The molecular weight excluding hydrogens is 373 g/mol. The zero-order valence-electron chi connectivity index (χ0n) is 15.4. The summed E-state index contributed by atoms with van der Waals surface area (Å²) in [6.45, 7) is 0.871. The molecule has 3 rings (SSSR count). The number of carbonyl (C=O) groups is 1. The summed E-state index contributed by atoms with van der Waals surface area (Å²) in [4.78, 5) is 18.5. The van der Waals surface area contributed by atoms with Gasteiger partial charge in [-0.2, -0.15) is 18.3 Å². The Morgan fingerprint density at radius 3 is 2.57 bits per heavy atom. The average molecular weight is 392 g/mol. The van der Waals surface area contributed by atoms with Crippen molar-refractivity contribution < 1.29 is 22.7 Å². The van der Waals surface area contributed by atoms with E-state index in [4.69, 9.17) is 4.74 Å². The van der Waals surface area contributed by atoms with E-state index in [2.05, 4.69) is 10.1 Å². The number of alkyl halides is 3. The van der Waals surface area contributed by atoms with E-state index in [1.165, 1.54) is 0 Å². The maximum absolute atomic E-state index is 13.5. The number of aromatic nitrogens is 3. The molecule has 28 heavy (non-hydrogen) atoms. The SMILES string of the molecule is CN(C)CCCOC(=O)c1cnn2c(C(F)(F)F)cc(-c3ccccc3)nc12. The normalized spacial score (nSPS) is 11.9. The molecule has 0 bridgehead atoms. The molecule has 0 spiro atoms. The van der Waals surface area contributed by atoms with Crippen LogP contribution in [0.25, 0.3) is 16.9 Å². The van der Waals surface area contributed by atoms with Crippen LogP contribution in [0.4, 0.5) is 13.2 Å². The topological polar surface area (TPSA) is 59.7 Å². The van der Waals surface area contributed by atoms with E-state index in [9.17, 15) is 18.0 Å². The molecule has 2 heterocycles. The first-order valence-corrected chi connectivity index (χ1v) is 8.60. The van der Waals surface area contributed by atoms with E-state index >= 15 is 0 Å². The third kappa shape index (κ3) is 4.30. The molecular formula is C19H19F3N4O2. The quantitative estimate of drug-likeness (QED) is 0.475. The second-order valence-electron chi connectivity index (χ2n) is 6.48. The van der Waals surface area contributed by atoms with Gasteiger partial charge in [0.15, 0.2) is 11.3 Å². The van der Waals surface area contributed by atoms with Crippen LogP contribution >= 0.6 is 0 Å². The zero-order valence-corrected chi connectivity index (χ0v) is 15.4. The van der Waals surface area contributed by atoms with Crippen LogP contribution in [-0.4, -0.2) is 52.7 Å². The Kier molecular flexibility index (Phi) is 5.64. The Balaban J connectivity index is 2.00. The minimum atomic E-state index is -4.66. The molecule has 0 N–H and O–H groups in total. The average Bonchev–Trinajstić information content (AvgIpc) is 3.08. The van der Waals surface area contributed by atoms with Crippen molar-refractivity contribution in [2.75, 3.05) is 27.2 Å². The Labute approximate surface area is 159 Å². The van der Waals surface area contributed by atoms with E-state index < -0.39 is 17.8 Å². The number of ether oxygens (including phenoxy) is 1. The Hall–Kier alpha value is -2.94. The second-order valence-corrected chi connectivity index (χ2v) is 6.48. The van der Waals surface area contributed by atoms with Gasteiger partial charge in [0.1, 0.15) is 5.56 Å². The summed E-state index contributed by atoms with van der Waals surface area (Å²) in [6, 6.07) is 9.36. The third-order valence-corrected chi connectivity index (χ3v) is 4.03. The fourth-order valence-corrected chi connectivity index (χ4v) is 2.69. The molecule has 0 fully saturated rings. The highest BCUT2D eigenvalue weighted by atomic mass is 19.4. The summed E-state index contributed by atoms with van der Waals surface area (Å²) in [7, 11) is 3.78. The number of rotatable bonds is 6. The van der Waals surface area contributed by atoms with E-state index in [1.54, 1.807) is 30.3 Å². The fraction of sp³-hybridized carbons (Fsp3) is 0.316. The molecule has 0 aliphatic carbocycles. The van der Waals surface area contributed by atoms with Crippen molar-refractivity contribution in [3.63, 3.8) is 0 Å². The van der Waals surface area contributed by atoms with Gasteiger partial charge in [0.05, 0.1) is 18.5 Å². The standard InChI is InChI=1S/C19H19F3N4O2/c1-25(2)9-6-10-28-18(27)14-12-23-26-16(19(20,21)22)11-15(24-17(14)26)13-7-4-3-5-8-13/h3-5,7-8,11-12H,6,9-10H2,1-2H3. The summed E-state index contributed by atoms with van der Waals surface area (Å²) in [5.41, 5.74) is -0.702. The Bertz CT molecular complexity index is 968. The molecule has 3 aromatic rings. The number of nitrogens with zero attached hydrogens (tertiary/aromatic N) is 4. The van der Waals surface area contributed by atoms with Gasteiger partial charge in [-0.15, -0.1) is 0 Å². The molecule has 0 aliphatic heterocycles. The molecule has 0 amide bonds. The first-order chi connectivity index (χ1) is 13.3. The van der Waals surface area contributed by atoms with Crippen LogP contribution in [0.1, 0.15) is 22.5 Å². The number of benzene rings is 1. The summed E-state index contributed by atoms with van der Waals surface area (Å²) in [6.07, 6.45) is -3.00. The minimum absolute atomic E-state index is 0.0996. The molecule has 9 heteroatoms. The van der Waals surface area contributed by atoms with Crippen molar-refractivity contribution in [3.05, 3.63) is 53.9 Å². The molecule has 0 radical (unpaired) electrons. The summed E-state index contributed by atoms with van der Waals surface area (Å²) in [5.74, 6) is -0.750. The third-order valence-electron chi connectivity index (χ3n) is 4.03. The maximum Gasteiger partial charge on any atom is 0.433 e. The van der Waals surface area contributed by atoms with E-state index in [0.29, 0.717) is 16.5 Å².